The van der Waals surface area contributed by atoms with Crippen molar-refractivity contribution in [3.05, 3.63) is 70.2 Å². The largest absolute Gasteiger partial charge is 0.289 e. The van der Waals surface area contributed by atoms with E-state index in [0.717, 1.165) is 15.8 Å². The van der Waals surface area contributed by atoms with Crippen LogP contribution in [0.3, 0.4) is 0 Å². The molecule has 2 rings (SSSR count). The van der Waals surface area contributed by atoms with E-state index in [1.165, 1.54) is 4.90 Å². The third-order valence-electron chi connectivity index (χ3n) is 2.75. The highest BCUT2D eigenvalue weighted by Gasteiger charge is 2.00. The molecule has 102 valence electrons. The number of rotatable bonds is 5. The Labute approximate surface area is 132 Å². The Kier molecular flexibility index (Phi) is 5.62. The first kappa shape index (κ1) is 15.1. The molecule has 0 bridgehead atoms. The lowest BCUT2D eigenvalue weighted by Gasteiger charge is -1.99. The second-order valence-electron chi connectivity index (χ2n) is 4.21. The van der Waals surface area contributed by atoms with Crippen molar-refractivity contribution < 1.29 is 4.79 Å². The van der Waals surface area contributed by atoms with Gasteiger partial charge >= 0.3 is 0 Å². The van der Waals surface area contributed by atoms with Crippen LogP contribution in [0.1, 0.15) is 22.8 Å². The van der Waals surface area contributed by atoms with Gasteiger partial charge < -0.3 is 0 Å². The van der Waals surface area contributed by atoms with Gasteiger partial charge in [-0.05, 0) is 53.8 Å². The molecule has 0 fully saturated rings. The average molecular weight is 347 g/mol. The second-order valence-corrected chi connectivity index (χ2v) is 6.46. The highest BCUT2D eigenvalue weighted by atomic mass is 79.9. The van der Waals surface area contributed by atoms with Crippen molar-refractivity contribution in [3.8, 4) is 0 Å². The minimum Gasteiger partial charge on any atom is -0.289 e. The number of carbonyl (C=O) groups excluding carboxylic acids is 1. The highest BCUT2D eigenvalue weighted by Crippen LogP contribution is 2.18. The molecule has 2 aromatic carbocycles. The van der Waals surface area contributed by atoms with Gasteiger partial charge in [0.15, 0.2) is 5.78 Å². The average Bonchev–Trinajstić information content (AvgIpc) is 2.47. The van der Waals surface area contributed by atoms with Crippen molar-refractivity contribution >= 4 is 39.6 Å². The molecule has 0 aliphatic heterocycles. The van der Waals surface area contributed by atoms with Gasteiger partial charge in [-0.3, -0.25) is 4.79 Å². The van der Waals surface area contributed by atoms with E-state index in [-0.39, 0.29) is 5.78 Å². The molecule has 0 aromatic heterocycles. The van der Waals surface area contributed by atoms with Gasteiger partial charge in [0.25, 0.3) is 0 Å². The molecule has 0 spiro atoms. The van der Waals surface area contributed by atoms with E-state index >= 15 is 0 Å². The topological polar surface area (TPSA) is 17.1 Å². The second kappa shape index (κ2) is 7.46. The van der Waals surface area contributed by atoms with Gasteiger partial charge in [-0.1, -0.05) is 41.1 Å². The van der Waals surface area contributed by atoms with Crippen LogP contribution in [0, 0.1) is 0 Å². The maximum absolute atomic E-state index is 12.0. The van der Waals surface area contributed by atoms with Crippen LogP contribution in [0.25, 0.3) is 6.08 Å². The summed E-state index contributed by atoms with van der Waals surface area (Å²) in [6, 6.07) is 15.6. The minimum absolute atomic E-state index is 0.0181. The van der Waals surface area contributed by atoms with Crippen LogP contribution < -0.4 is 0 Å². The molecule has 0 heterocycles. The summed E-state index contributed by atoms with van der Waals surface area (Å²) in [6.45, 7) is 2.13. The van der Waals surface area contributed by atoms with Gasteiger partial charge in [-0.2, -0.15) is 0 Å². The van der Waals surface area contributed by atoms with Crippen LogP contribution in [0.2, 0.25) is 0 Å². The van der Waals surface area contributed by atoms with Crippen molar-refractivity contribution in [1.29, 1.82) is 0 Å². The summed E-state index contributed by atoms with van der Waals surface area (Å²) in [5, 5.41) is 0. The van der Waals surface area contributed by atoms with Gasteiger partial charge in [0.2, 0.25) is 0 Å². The number of hydrogen-bond acceptors (Lipinski definition) is 2. The lowest BCUT2D eigenvalue weighted by Crippen LogP contribution is -1.93. The van der Waals surface area contributed by atoms with Crippen molar-refractivity contribution in [3.63, 3.8) is 0 Å². The summed E-state index contributed by atoms with van der Waals surface area (Å²) in [5.41, 5.74) is 1.73. The Balaban J connectivity index is 2.04. The summed E-state index contributed by atoms with van der Waals surface area (Å²) in [7, 11) is 0. The maximum atomic E-state index is 12.0. The van der Waals surface area contributed by atoms with E-state index in [1.54, 1.807) is 6.08 Å². The Hall–Kier alpha value is -1.32. The summed E-state index contributed by atoms with van der Waals surface area (Å²) < 4.78 is 0.974. The molecule has 0 N–H and O–H groups in total. The van der Waals surface area contributed by atoms with Crippen LogP contribution in [0.4, 0.5) is 0 Å². The first-order valence-electron chi connectivity index (χ1n) is 6.40. The monoisotopic (exact) mass is 346 g/mol. The van der Waals surface area contributed by atoms with Crippen LogP contribution in [0.15, 0.2) is 64.0 Å². The number of benzene rings is 2. The predicted octanol–water partition coefficient (Wildman–Crippen LogP) is 5.46. The van der Waals surface area contributed by atoms with E-state index in [2.05, 4.69) is 35.0 Å². The Bertz CT molecular complexity index is 600. The molecule has 0 saturated carbocycles. The zero-order valence-electron chi connectivity index (χ0n) is 11.2. The molecule has 0 radical (unpaired) electrons. The number of hydrogen-bond donors (Lipinski definition) is 0. The first-order chi connectivity index (χ1) is 9.69. The first-order valence-corrected chi connectivity index (χ1v) is 8.18. The zero-order chi connectivity index (χ0) is 14.4. The highest BCUT2D eigenvalue weighted by molar-refractivity contribution is 9.10. The van der Waals surface area contributed by atoms with Gasteiger partial charge in [0.1, 0.15) is 0 Å². The lowest BCUT2D eigenvalue weighted by atomic mass is 10.1. The summed E-state index contributed by atoms with van der Waals surface area (Å²) >= 11 is 5.17. The molecule has 0 unspecified atom stereocenters. The molecule has 0 aliphatic carbocycles. The molecule has 1 nitrogen and oxygen atoms in total. The number of ketones is 1. The number of thioether (sulfide) groups is 1. The predicted molar refractivity (Wildman–Crippen MR) is 90.3 cm³/mol. The maximum Gasteiger partial charge on any atom is 0.185 e. The molecule has 0 saturated heterocycles. The number of carbonyl (C=O) groups is 1. The van der Waals surface area contributed by atoms with Gasteiger partial charge in [-0.25, -0.2) is 0 Å². The van der Waals surface area contributed by atoms with E-state index in [0.29, 0.717) is 5.56 Å². The fourth-order valence-corrected chi connectivity index (χ4v) is 2.65. The Morgan fingerprint density at radius 1 is 1.10 bits per heavy atom. The molecule has 0 amide bonds. The van der Waals surface area contributed by atoms with Gasteiger partial charge in [-0.15, -0.1) is 11.8 Å². The van der Waals surface area contributed by atoms with Crippen molar-refractivity contribution in [2.75, 3.05) is 5.75 Å². The van der Waals surface area contributed by atoms with Crippen LogP contribution >= 0.6 is 27.7 Å². The van der Waals surface area contributed by atoms with E-state index in [9.17, 15) is 4.79 Å². The molecule has 20 heavy (non-hydrogen) atoms. The summed E-state index contributed by atoms with van der Waals surface area (Å²) in [4.78, 5) is 13.2. The molecule has 2 aromatic rings. The Morgan fingerprint density at radius 3 is 2.35 bits per heavy atom. The van der Waals surface area contributed by atoms with E-state index in [4.69, 9.17) is 0 Å². The fraction of sp³-hybridized carbons (Fsp3) is 0.118. The Morgan fingerprint density at radius 2 is 1.75 bits per heavy atom. The van der Waals surface area contributed by atoms with Crippen molar-refractivity contribution in [2.24, 2.45) is 0 Å². The van der Waals surface area contributed by atoms with E-state index in [1.807, 2.05) is 54.2 Å². The standard InChI is InChI=1S/C17H15BrOS/c1-2-20-16-10-3-13(4-11-16)5-12-17(19)14-6-8-15(18)9-7-14/h3-12H,2H2,1H3. The zero-order valence-corrected chi connectivity index (χ0v) is 13.6. The quantitative estimate of drug-likeness (QED) is 0.406. The van der Waals surface area contributed by atoms with Gasteiger partial charge in [0.05, 0.1) is 0 Å². The molecule has 0 atom stereocenters. The van der Waals surface area contributed by atoms with Crippen LogP contribution in [-0.2, 0) is 0 Å². The molecule has 0 aliphatic rings. The minimum atomic E-state index is 0.0181. The van der Waals surface area contributed by atoms with E-state index < -0.39 is 0 Å². The van der Waals surface area contributed by atoms with Gasteiger partial charge in [0, 0.05) is 14.9 Å². The SMILES string of the molecule is CCSc1ccc(C=CC(=O)c2ccc(Br)cc2)cc1. The van der Waals surface area contributed by atoms with Crippen LogP contribution in [-0.4, -0.2) is 11.5 Å². The normalized spacial score (nSPS) is 10.9. The van der Waals surface area contributed by atoms with Crippen molar-refractivity contribution in [1.82, 2.24) is 0 Å². The summed E-state index contributed by atoms with van der Waals surface area (Å²) in [5.74, 6) is 1.08. The molecular formula is C17H15BrOS. The summed E-state index contributed by atoms with van der Waals surface area (Å²) in [6.07, 6.45) is 3.47. The molecule has 3 heteroatoms. The third-order valence-corrected chi connectivity index (χ3v) is 4.17. The number of allylic oxidation sites excluding steroid dienone is 1. The third kappa shape index (κ3) is 4.36. The smallest absolute Gasteiger partial charge is 0.185 e. The fourth-order valence-electron chi connectivity index (χ4n) is 1.72. The van der Waals surface area contributed by atoms with Crippen LogP contribution in [0.5, 0.6) is 0 Å². The van der Waals surface area contributed by atoms with Crippen molar-refractivity contribution in [2.45, 2.75) is 11.8 Å². The number of halogens is 1. The molecular weight excluding hydrogens is 332 g/mol. The lowest BCUT2D eigenvalue weighted by molar-refractivity contribution is 0.104.